The molecule has 1 aliphatic rings. The van der Waals surface area contributed by atoms with Crippen LogP contribution in [0.25, 0.3) is 0 Å². The number of hydrogen-bond donors (Lipinski definition) is 2. The van der Waals surface area contributed by atoms with Gasteiger partial charge < -0.3 is 19.9 Å². The van der Waals surface area contributed by atoms with Crippen LogP contribution >= 0.6 is 0 Å². The van der Waals surface area contributed by atoms with Crippen LogP contribution in [0.5, 0.6) is 0 Å². The van der Waals surface area contributed by atoms with Crippen molar-refractivity contribution < 1.29 is 14.3 Å². The number of hydrogen-bond acceptors (Lipinski definition) is 5. The average molecular weight is 469 g/mol. The summed E-state index contributed by atoms with van der Waals surface area (Å²) in [5.41, 5.74) is 0.338. The first-order valence-corrected chi connectivity index (χ1v) is 12.3. The molecule has 0 atom stereocenters. The van der Waals surface area contributed by atoms with E-state index in [0.717, 1.165) is 31.4 Å². The SMILES string of the molecule is COCCCNC(=O)c1cn(CCc2ccccn2)cc(C(=O)NC2CCCCCCC2)c1=O. The van der Waals surface area contributed by atoms with E-state index in [1.165, 1.54) is 25.5 Å². The average Bonchev–Trinajstić information content (AvgIpc) is 2.83. The third-order valence-corrected chi connectivity index (χ3v) is 6.17. The van der Waals surface area contributed by atoms with Gasteiger partial charge in [-0.15, -0.1) is 0 Å². The third-order valence-electron chi connectivity index (χ3n) is 6.17. The van der Waals surface area contributed by atoms with Crippen LogP contribution in [0.15, 0.2) is 41.6 Å². The van der Waals surface area contributed by atoms with Gasteiger partial charge >= 0.3 is 0 Å². The summed E-state index contributed by atoms with van der Waals surface area (Å²) in [7, 11) is 1.60. The summed E-state index contributed by atoms with van der Waals surface area (Å²) in [6.07, 6.45) is 13.6. The highest BCUT2D eigenvalue weighted by Crippen LogP contribution is 2.17. The molecule has 1 aliphatic carbocycles. The van der Waals surface area contributed by atoms with E-state index in [1.807, 2.05) is 18.2 Å². The van der Waals surface area contributed by atoms with E-state index in [9.17, 15) is 14.4 Å². The Balaban J connectivity index is 1.80. The van der Waals surface area contributed by atoms with Gasteiger partial charge in [-0.25, -0.2) is 0 Å². The molecule has 0 unspecified atom stereocenters. The smallest absolute Gasteiger partial charge is 0.256 e. The molecule has 34 heavy (non-hydrogen) atoms. The quantitative estimate of drug-likeness (QED) is 0.522. The summed E-state index contributed by atoms with van der Waals surface area (Å²) >= 11 is 0. The normalized spacial score (nSPS) is 14.7. The summed E-state index contributed by atoms with van der Waals surface area (Å²) < 4.78 is 6.75. The number of pyridine rings is 2. The number of ether oxygens (including phenoxy) is 1. The van der Waals surface area contributed by atoms with Gasteiger partial charge in [0.25, 0.3) is 11.8 Å². The zero-order valence-electron chi connectivity index (χ0n) is 20.1. The third kappa shape index (κ3) is 7.80. The Bertz CT molecular complexity index is 982. The summed E-state index contributed by atoms with van der Waals surface area (Å²) in [5, 5.41) is 5.82. The highest BCUT2D eigenvalue weighted by atomic mass is 16.5. The van der Waals surface area contributed by atoms with Crippen molar-refractivity contribution in [3.05, 3.63) is 63.8 Å². The first-order valence-electron chi connectivity index (χ1n) is 12.3. The largest absolute Gasteiger partial charge is 0.385 e. The fourth-order valence-corrected chi connectivity index (χ4v) is 4.25. The van der Waals surface area contributed by atoms with Gasteiger partial charge in [0.15, 0.2) is 0 Å². The van der Waals surface area contributed by atoms with Crippen molar-refractivity contribution in [2.75, 3.05) is 20.3 Å². The highest BCUT2D eigenvalue weighted by molar-refractivity contribution is 5.99. The van der Waals surface area contributed by atoms with Crippen LogP contribution in [0.1, 0.15) is 77.8 Å². The number of aromatic nitrogens is 2. The van der Waals surface area contributed by atoms with E-state index in [-0.39, 0.29) is 17.2 Å². The zero-order valence-corrected chi connectivity index (χ0v) is 20.1. The Labute approximate surface area is 201 Å². The van der Waals surface area contributed by atoms with E-state index >= 15 is 0 Å². The lowest BCUT2D eigenvalue weighted by atomic mass is 9.96. The van der Waals surface area contributed by atoms with Gasteiger partial charge in [0.05, 0.1) is 0 Å². The minimum atomic E-state index is -0.540. The molecule has 0 saturated heterocycles. The predicted octanol–water partition coefficient (Wildman–Crippen LogP) is 3.10. The maximum absolute atomic E-state index is 13.2. The predicted molar refractivity (Wildman–Crippen MR) is 131 cm³/mol. The van der Waals surface area contributed by atoms with E-state index in [1.54, 1.807) is 24.1 Å². The molecule has 2 N–H and O–H groups in total. The van der Waals surface area contributed by atoms with Crippen LogP contribution < -0.4 is 16.1 Å². The van der Waals surface area contributed by atoms with Crippen LogP contribution in [0.2, 0.25) is 0 Å². The number of carbonyl (C=O) groups is 2. The second kappa shape index (κ2) is 13.6. The number of amides is 2. The van der Waals surface area contributed by atoms with Crippen LogP contribution in [0.3, 0.4) is 0 Å². The van der Waals surface area contributed by atoms with E-state index < -0.39 is 17.2 Å². The lowest BCUT2D eigenvalue weighted by Gasteiger charge is -2.21. The molecule has 2 heterocycles. The molecule has 0 bridgehead atoms. The lowest BCUT2D eigenvalue weighted by Crippen LogP contribution is -2.40. The van der Waals surface area contributed by atoms with Crippen molar-refractivity contribution in [1.29, 1.82) is 0 Å². The molecule has 2 aromatic heterocycles. The molecular weight excluding hydrogens is 432 g/mol. The van der Waals surface area contributed by atoms with Crippen molar-refractivity contribution in [1.82, 2.24) is 20.2 Å². The maximum Gasteiger partial charge on any atom is 0.256 e. The zero-order chi connectivity index (χ0) is 24.2. The molecule has 3 rings (SSSR count). The van der Waals surface area contributed by atoms with Gasteiger partial charge in [0.2, 0.25) is 5.43 Å². The second-order valence-corrected chi connectivity index (χ2v) is 8.84. The molecule has 8 heteroatoms. The molecule has 184 valence electrons. The fourth-order valence-electron chi connectivity index (χ4n) is 4.25. The molecule has 0 aliphatic heterocycles. The fraction of sp³-hybridized carbons (Fsp3) is 0.538. The Morgan fingerprint density at radius 2 is 1.76 bits per heavy atom. The summed E-state index contributed by atoms with van der Waals surface area (Å²) in [5.74, 6) is -0.885. The molecule has 0 aromatic carbocycles. The Morgan fingerprint density at radius 1 is 1.06 bits per heavy atom. The molecule has 2 amide bonds. The summed E-state index contributed by atoms with van der Waals surface area (Å²) in [6, 6.07) is 5.75. The molecule has 0 radical (unpaired) electrons. The molecule has 8 nitrogen and oxygen atoms in total. The van der Waals surface area contributed by atoms with Crippen LogP contribution in [0.4, 0.5) is 0 Å². The van der Waals surface area contributed by atoms with Crippen molar-refractivity contribution >= 4 is 11.8 Å². The van der Waals surface area contributed by atoms with Gasteiger partial charge in [0, 0.05) is 63.6 Å². The Morgan fingerprint density at radius 3 is 2.44 bits per heavy atom. The minimum Gasteiger partial charge on any atom is -0.385 e. The van der Waals surface area contributed by atoms with Gasteiger partial charge in [-0.05, 0) is 31.4 Å². The van der Waals surface area contributed by atoms with Gasteiger partial charge in [-0.1, -0.05) is 38.2 Å². The van der Waals surface area contributed by atoms with Gasteiger partial charge in [-0.2, -0.15) is 0 Å². The number of methoxy groups -OCH3 is 1. The number of rotatable bonds is 10. The molecule has 1 saturated carbocycles. The van der Waals surface area contributed by atoms with E-state index in [4.69, 9.17) is 4.74 Å². The molecular formula is C26H36N4O4. The highest BCUT2D eigenvalue weighted by Gasteiger charge is 2.22. The van der Waals surface area contributed by atoms with Crippen LogP contribution in [0, 0.1) is 0 Å². The number of nitrogens with zero attached hydrogens (tertiary/aromatic N) is 2. The topological polar surface area (TPSA) is 102 Å². The molecule has 2 aromatic rings. The second-order valence-electron chi connectivity index (χ2n) is 8.84. The van der Waals surface area contributed by atoms with Crippen molar-refractivity contribution in [3.63, 3.8) is 0 Å². The Hall–Kier alpha value is -3.00. The Kier molecular flexibility index (Phi) is 10.3. The standard InChI is InChI=1S/C26H36N4O4/c1-34-17-9-15-28-25(32)22-18-30(16-13-20-10-7-8-14-27-20)19-23(24(22)31)26(33)29-21-11-5-3-2-4-6-12-21/h7-8,10,14,18-19,21H,2-6,9,11-13,15-17H2,1H3,(H,28,32)(H,29,33). The number of nitrogens with one attached hydrogen (secondary N) is 2. The minimum absolute atomic E-state index is 0.00706. The van der Waals surface area contributed by atoms with Crippen LogP contribution in [-0.2, 0) is 17.7 Å². The van der Waals surface area contributed by atoms with Gasteiger partial charge in [0.1, 0.15) is 11.1 Å². The molecule has 0 spiro atoms. The van der Waals surface area contributed by atoms with Gasteiger partial charge in [-0.3, -0.25) is 19.4 Å². The molecule has 1 fully saturated rings. The summed E-state index contributed by atoms with van der Waals surface area (Å²) in [4.78, 5) is 43.4. The van der Waals surface area contributed by atoms with Crippen LogP contribution in [-0.4, -0.2) is 47.7 Å². The van der Waals surface area contributed by atoms with Crippen molar-refractivity contribution in [2.45, 2.75) is 70.4 Å². The van der Waals surface area contributed by atoms with E-state index in [0.29, 0.717) is 32.5 Å². The maximum atomic E-state index is 13.2. The lowest BCUT2D eigenvalue weighted by molar-refractivity contribution is 0.0928. The number of aryl methyl sites for hydroxylation is 2. The summed E-state index contributed by atoms with van der Waals surface area (Å²) in [6.45, 7) is 1.39. The number of carbonyl (C=O) groups excluding carboxylic acids is 2. The van der Waals surface area contributed by atoms with E-state index in [2.05, 4.69) is 15.6 Å². The monoisotopic (exact) mass is 468 g/mol. The van der Waals surface area contributed by atoms with Crippen molar-refractivity contribution in [2.24, 2.45) is 0 Å². The first-order chi connectivity index (χ1) is 16.6. The van der Waals surface area contributed by atoms with Crippen molar-refractivity contribution in [3.8, 4) is 0 Å². The first kappa shape index (κ1) is 25.6.